The van der Waals surface area contributed by atoms with Gasteiger partial charge < -0.3 is 19.8 Å². The Morgan fingerprint density at radius 1 is 0.967 bits per heavy atom. The molecule has 4 rings (SSSR count). The first kappa shape index (κ1) is 19.2. The van der Waals surface area contributed by atoms with Crippen LogP contribution in [0.15, 0.2) is 79.1 Å². The number of carbonyl (C=O) groups excluding carboxylic acids is 2. The third-order valence-corrected chi connectivity index (χ3v) is 4.36. The van der Waals surface area contributed by atoms with Crippen LogP contribution in [0.4, 0.5) is 11.4 Å². The Hall–Kier alpha value is -4.13. The summed E-state index contributed by atoms with van der Waals surface area (Å²) in [6, 6.07) is 19.7. The van der Waals surface area contributed by atoms with Crippen LogP contribution < -0.4 is 15.4 Å². The highest BCUT2D eigenvalue weighted by molar-refractivity contribution is 6.04. The second-order valence-electron chi connectivity index (χ2n) is 6.73. The molecular formula is C23H20N4O3. The van der Waals surface area contributed by atoms with Gasteiger partial charge in [-0.05, 0) is 54.6 Å². The molecule has 0 saturated carbocycles. The monoisotopic (exact) mass is 400 g/mol. The van der Waals surface area contributed by atoms with Crippen molar-refractivity contribution in [3.05, 3.63) is 90.4 Å². The van der Waals surface area contributed by atoms with E-state index in [1.54, 1.807) is 48.5 Å². The molecule has 0 saturated heterocycles. The summed E-state index contributed by atoms with van der Waals surface area (Å²) < 4.78 is 7.75. The maximum atomic E-state index is 12.6. The zero-order valence-electron chi connectivity index (χ0n) is 16.3. The van der Waals surface area contributed by atoms with Gasteiger partial charge in [0.15, 0.2) is 0 Å². The lowest BCUT2D eigenvalue weighted by molar-refractivity contribution is -0.114. The second kappa shape index (κ2) is 8.48. The van der Waals surface area contributed by atoms with Gasteiger partial charge in [-0.1, -0.05) is 12.1 Å². The van der Waals surface area contributed by atoms with Gasteiger partial charge in [0, 0.05) is 36.3 Å². The molecule has 2 N–H and O–H groups in total. The normalized spacial score (nSPS) is 10.6. The summed E-state index contributed by atoms with van der Waals surface area (Å²) >= 11 is 0. The van der Waals surface area contributed by atoms with Crippen molar-refractivity contribution < 1.29 is 14.3 Å². The van der Waals surface area contributed by atoms with Crippen molar-refractivity contribution in [3.63, 3.8) is 0 Å². The van der Waals surface area contributed by atoms with Crippen LogP contribution in [0, 0.1) is 0 Å². The van der Waals surface area contributed by atoms with E-state index in [9.17, 15) is 9.59 Å². The molecule has 0 atom stereocenters. The fourth-order valence-electron chi connectivity index (χ4n) is 2.98. The Labute approximate surface area is 173 Å². The molecule has 2 amide bonds. The molecule has 2 heterocycles. The first-order valence-electron chi connectivity index (χ1n) is 9.41. The molecule has 0 aliphatic heterocycles. The summed E-state index contributed by atoms with van der Waals surface area (Å²) in [7, 11) is 0. The number of fused-ring (bicyclic) bond motifs is 1. The van der Waals surface area contributed by atoms with E-state index in [4.69, 9.17) is 4.74 Å². The predicted octanol–water partition coefficient (Wildman–Crippen LogP) is 4.12. The van der Waals surface area contributed by atoms with Crippen LogP contribution in [0.1, 0.15) is 23.0 Å². The molecule has 0 spiro atoms. The topological polar surface area (TPSA) is 84.7 Å². The number of ether oxygens (including phenoxy) is 1. The van der Waals surface area contributed by atoms with Crippen molar-refractivity contribution in [1.82, 2.24) is 9.38 Å². The highest BCUT2D eigenvalue weighted by Gasteiger charge is 2.09. The van der Waals surface area contributed by atoms with Crippen LogP contribution in [0.2, 0.25) is 0 Å². The number of rotatable bonds is 6. The van der Waals surface area contributed by atoms with Crippen molar-refractivity contribution in [3.8, 4) is 5.75 Å². The first-order valence-corrected chi connectivity index (χ1v) is 9.41. The van der Waals surface area contributed by atoms with E-state index in [-0.39, 0.29) is 11.8 Å². The lowest BCUT2D eigenvalue weighted by Crippen LogP contribution is -2.12. The second-order valence-corrected chi connectivity index (χ2v) is 6.73. The lowest BCUT2D eigenvalue weighted by atomic mass is 10.2. The third kappa shape index (κ3) is 4.64. The maximum absolute atomic E-state index is 12.6. The molecular weight excluding hydrogens is 380 g/mol. The van der Waals surface area contributed by atoms with Gasteiger partial charge in [-0.15, -0.1) is 0 Å². The molecule has 4 aromatic rings. The van der Waals surface area contributed by atoms with Crippen LogP contribution in [0.25, 0.3) is 5.65 Å². The standard InChI is InChI=1S/C23H20N4O3/c1-16(28)24-18-8-10-19(11-9-18)26-23(29)17-5-4-6-21(13-17)30-15-20-14-27-12-3-2-7-22(27)25-20/h2-14H,15H2,1H3,(H,24,28)(H,26,29). The minimum absolute atomic E-state index is 0.146. The van der Waals surface area contributed by atoms with Crippen molar-refractivity contribution in [2.24, 2.45) is 0 Å². The summed E-state index contributed by atoms with van der Waals surface area (Å²) in [4.78, 5) is 28.2. The molecule has 30 heavy (non-hydrogen) atoms. The first-order chi connectivity index (χ1) is 14.6. The molecule has 0 aliphatic rings. The van der Waals surface area contributed by atoms with E-state index in [0.29, 0.717) is 29.3 Å². The zero-order chi connectivity index (χ0) is 20.9. The smallest absolute Gasteiger partial charge is 0.255 e. The lowest BCUT2D eigenvalue weighted by Gasteiger charge is -2.09. The summed E-state index contributed by atoms with van der Waals surface area (Å²) in [5.41, 5.74) is 3.44. The number of nitrogens with one attached hydrogen (secondary N) is 2. The molecule has 7 nitrogen and oxygen atoms in total. The minimum Gasteiger partial charge on any atom is -0.487 e. The zero-order valence-corrected chi connectivity index (χ0v) is 16.3. The van der Waals surface area contributed by atoms with E-state index in [0.717, 1.165) is 11.3 Å². The van der Waals surface area contributed by atoms with E-state index >= 15 is 0 Å². The Morgan fingerprint density at radius 3 is 2.47 bits per heavy atom. The van der Waals surface area contributed by atoms with Crippen LogP contribution in [-0.4, -0.2) is 21.2 Å². The van der Waals surface area contributed by atoms with Gasteiger partial charge in [-0.3, -0.25) is 9.59 Å². The average Bonchev–Trinajstić information content (AvgIpc) is 3.16. The van der Waals surface area contributed by atoms with Gasteiger partial charge in [-0.2, -0.15) is 0 Å². The number of nitrogens with zero attached hydrogens (tertiary/aromatic N) is 2. The minimum atomic E-state index is -0.250. The van der Waals surface area contributed by atoms with E-state index in [1.165, 1.54) is 6.92 Å². The summed E-state index contributed by atoms with van der Waals surface area (Å²) in [6.45, 7) is 1.75. The Morgan fingerprint density at radius 2 is 1.73 bits per heavy atom. The van der Waals surface area contributed by atoms with Crippen molar-refractivity contribution in [2.45, 2.75) is 13.5 Å². The Bertz CT molecular complexity index is 1170. The molecule has 0 fully saturated rings. The molecule has 0 bridgehead atoms. The molecule has 7 heteroatoms. The van der Waals surface area contributed by atoms with Crippen molar-refractivity contribution >= 4 is 28.8 Å². The van der Waals surface area contributed by atoms with E-state index in [1.807, 2.05) is 35.0 Å². The summed E-state index contributed by atoms with van der Waals surface area (Å²) in [5, 5.41) is 5.52. The SMILES string of the molecule is CC(=O)Nc1ccc(NC(=O)c2cccc(OCc3cn4ccccc4n3)c2)cc1. The fourth-order valence-corrected chi connectivity index (χ4v) is 2.98. The average molecular weight is 400 g/mol. The summed E-state index contributed by atoms with van der Waals surface area (Å²) in [5.74, 6) is 0.188. The van der Waals surface area contributed by atoms with Crippen LogP contribution in [0.5, 0.6) is 5.75 Å². The van der Waals surface area contributed by atoms with Crippen LogP contribution >= 0.6 is 0 Å². The largest absolute Gasteiger partial charge is 0.487 e. The molecule has 2 aromatic heterocycles. The van der Waals surface area contributed by atoms with Gasteiger partial charge in [0.2, 0.25) is 5.91 Å². The van der Waals surface area contributed by atoms with Crippen molar-refractivity contribution in [1.29, 1.82) is 0 Å². The van der Waals surface area contributed by atoms with Crippen LogP contribution in [-0.2, 0) is 11.4 Å². The van der Waals surface area contributed by atoms with Crippen molar-refractivity contribution in [2.75, 3.05) is 10.6 Å². The number of hydrogen-bond donors (Lipinski definition) is 2. The number of aromatic nitrogens is 2. The number of imidazole rings is 1. The highest BCUT2D eigenvalue weighted by atomic mass is 16.5. The Kier molecular flexibility index (Phi) is 5.43. The molecule has 150 valence electrons. The third-order valence-electron chi connectivity index (χ3n) is 4.36. The summed E-state index contributed by atoms with van der Waals surface area (Å²) in [6.07, 6.45) is 3.84. The predicted molar refractivity (Wildman–Crippen MR) is 115 cm³/mol. The quantitative estimate of drug-likeness (QED) is 0.510. The number of benzene rings is 2. The van der Waals surface area contributed by atoms with Gasteiger partial charge in [0.25, 0.3) is 5.91 Å². The molecule has 0 radical (unpaired) electrons. The Balaban J connectivity index is 1.39. The van der Waals surface area contributed by atoms with Crippen LogP contribution in [0.3, 0.4) is 0 Å². The molecule has 2 aromatic carbocycles. The van der Waals surface area contributed by atoms with Gasteiger partial charge in [0.1, 0.15) is 18.0 Å². The van der Waals surface area contributed by atoms with Gasteiger partial charge in [0.05, 0.1) is 5.69 Å². The number of pyridine rings is 1. The molecule has 0 aliphatic carbocycles. The maximum Gasteiger partial charge on any atom is 0.255 e. The number of anilines is 2. The van der Waals surface area contributed by atoms with E-state index in [2.05, 4.69) is 15.6 Å². The van der Waals surface area contributed by atoms with E-state index < -0.39 is 0 Å². The van der Waals surface area contributed by atoms with Gasteiger partial charge >= 0.3 is 0 Å². The van der Waals surface area contributed by atoms with Gasteiger partial charge in [-0.25, -0.2) is 4.98 Å². The number of carbonyl (C=O) groups is 2. The number of hydrogen-bond acceptors (Lipinski definition) is 4. The fraction of sp³-hybridized carbons (Fsp3) is 0.0870. The highest BCUT2D eigenvalue weighted by Crippen LogP contribution is 2.18. The number of amides is 2. The molecule has 0 unspecified atom stereocenters.